The van der Waals surface area contributed by atoms with E-state index in [0.29, 0.717) is 5.84 Å². The fourth-order valence-corrected chi connectivity index (χ4v) is 0.892. The molecule has 0 unspecified atom stereocenters. The predicted molar refractivity (Wildman–Crippen MR) is 64.0 cm³/mol. The molecule has 0 aliphatic carbocycles. The van der Waals surface area contributed by atoms with E-state index in [1.54, 1.807) is 7.05 Å². The van der Waals surface area contributed by atoms with Crippen LogP contribution in [0.2, 0.25) is 0 Å². The van der Waals surface area contributed by atoms with Gasteiger partial charge in [-0.3, -0.25) is 5.03 Å². The summed E-state index contributed by atoms with van der Waals surface area (Å²) in [7, 11) is 6.64. The molecule has 1 aromatic carbocycles. The Morgan fingerprint density at radius 2 is 1.80 bits per heavy atom. The van der Waals surface area contributed by atoms with Crippen LogP contribution in [0, 0.1) is 0 Å². The Kier molecular flexibility index (Phi) is 7.95. The summed E-state index contributed by atoms with van der Waals surface area (Å²) in [6, 6.07) is 9.47. The molecule has 0 saturated heterocycles. The molecule has 0 aliphatic heterocycles. The van der Waals surface area contributed by atoms with Crippen LogP contribution in [0.1, 0.15) is 19.4 Å². The summed E-state index contributed by atoms with van der Waals surface area (Å²) in [5, 5.41) is 10.8. The van der Waals surface area contributed by atoms with Gasteiger partial charge in [0.25, 0.3) is 7.98 Å². The third-order valence-electron chi connectivity index (χ3n) is 1.40. The Balaban J connectivity index is 0.000000921. The molecule has 0 aliphatic rings. The summed E-state index contributed by atoms with van der Waals surface area (Å²) in [6.45, 7) is 4.00. The Labute approximate surface area is 91.9 Å². The first-order valence-electron chi connectivity index (χ1n) is 4.79. The number of benzene rings is 1. The maximum atomic E-state index is 4.95. The summed E-state index contributed by atoms with van der Waals surface area (Å²) in [4.78, 5) is 0. The van der Waals surface area contributed by atoms with Crippen molar-refractivity contribution >= 4 is 13.8 Å². The third kappa shape index (κ3) is 4.95. The van der Waals surface area contributed by atoms with Crippen molar-refractivity contribution in [3.63, 3.8) is 0 Å². The lowest BCUT2D eigenvalue weighted by molar-refractivity contribution is 0.895. The summed E-state index contributed by atoms with van der Waals surface area (Å²) in [6.07, 6.45) is 0. The van der Waals surface area contributed by atoms with Gasteiger partial charge < -0.3 is 5.43 Å². The lowest BCUT2D eigenvalue weighted by Gasteiger charge is -1.98. The van der Waals surface area contributed by atoms with E-state index >= 15 is 0 Å². The smallest absolute Gasteiger partial charge is 0.293 e. The zero-order valence-corrected chi connectivity index (χ0v) is 9.31. The molecule has 2 radical (unpaired) electrons. The maximum Gasteiger partial charge on any atom is 0.293 e. The molecule has 0 amide bonds. The monoisotopic (exact) mass is 202 g/mol. The van der Waals surface area contributed by atoms with Gasteiger partial charge in [-0.25, -0.2) is 0 Å². The molecule has 5 heteroatoms. The van der Waals surface area contributed by atoms with E-state index in [1.165, 1.54) is 0 Å². The van der Waals surface area contributed by atoms with Gasteiger partial charge in [0.05, 0.1) is 0 Å². The number of rotatable bonds is 2. The predicted octanol–water partition coefficient (Wildman–Crippen LogP) is 2.13. The molecule has 0 spiro atoms. The van der Waals surface area contributed by atoms with Crippen LogP contribution in [0.4, 0.5) is 0 Å². The quantitative estimate of drug-likeness (QED) is 0.258. The number of nitrogens with zero attached hydrogens (tertiary/aromatic N) is 3. The van der Waals surface area contributed by atoms with Crippen molar-refractivity contribution in [2.45, 2.75) is 13.8 Å². The fourth-order valence-electron chi connectivity index (χ4n) is 0.892. The second kappa shape index (κ2) is 8.93. The summed E-state index contributed by atoms with van der Waals surface area (Å²) in [5.41, 5.74) is 3.50. The number of nitrogens with one attached hydrogen (secondary N) is 1. The lowest BCUT2D eigenvalue weighted by atomic mass is 10.2. The van der Waals surface area contributed by atoms with E-state index in [1.807, 2.05) is 44.2 Å². The SMILES string of the molecule is CC.[B]N=N/C(=N/NC)c1ccccc1. The molecule has 1 aromatic rings. The molecule has 4 nitrogen and oxygen atoms in total. The number of hydrogen-bond donors (Lipinski definition) is 1. The highest BCUT2D eigenvalue weighted by Crippen LogP contribution is 2.01. The van der Waals surface area contributed by atoms with Gasteiger partial charge in [-0.15, -0.1) is 5.11 Å². The normalized spacial score (nSPS) is 10.7. The van der Waals surface area contributed by atoms with Crippen LogP contribution in [0.15, 0.2) is 45.6 Å². The van der Waals surface area contributed by atoms with Crippen molar-refractivity contribution in [2.75, 3.05) is 7.05 Å². The first-order chi connectivity index (χ1) is 7.38. The lowest BCUT2D eigenvalue weighted by Crippen LogP contribution is -2.04. The fraction of sp³-hybridized carbons (Fsp3) is 0.300. The van der Waals surface area contributed by atoms with Crippen LogP contribution in [0.3, 0.4) is 0 Å². The summed E-state index contributed by atoms with van der Waals surface area (Å²) < 4.78 is 0. The van der Waals surface area contributed by atoms with Gasteiger partial charge in [-0.05, 0) is 0 Å². The Hall–Kier alpha value is -1.65. The van der Waals surface area contributed by atoms with Gasteiger partial charge >= 0.3 is 0 Å². The highest BCUT2D eigenvalue weighted by Gasteiger charge is 1.98. The molecule has 0 atom stereocenters. The minimum atomic E-state index is 0.464. The van der Waals surface area contributed by atoms with E-state index in [0.717, 1.165) is 5.56 Å². The van der Waals surface area contributed by atoms with Crippen LogP contribution in [-0.4, -0.2) is 20.9 Å². The van der Waals surface area contributed by atoms with Gasteiger partial charge in [0.2, 0.25) is 0 Å². The van der Waals surface area contributed by atoms with E-state index in [-0.39, 0.29) is 0 Å². The largest absolute Gasteiger partial charge is 0.311 e. The van der Waals surface area contributed by atoms with Crippen LogP contribution in [-0.2, 0) is 0 Å². The molecule has 0 heterocycles. The molecule has 1 N–H and O–H groups in total. The third-order valence-corrected chi connectivity index (χ3v) is 1.40. The van der Waals surface area contributed by atoms with Crippen molar-refractivity contribution in [1.29, 1.82) is 0 Å². The molecular formula is C10H15BN4. The van der Waals surface area contributed by atoms with E-state index in [4.69, 9.17) is 7.98 Å². The maximum absolute atomic E-state index is 4.95. The van der Waals surface area contributed by atoms with Gasteiger partial charge in [-0.1, -0.05) is 44.2 Å². The molecule has 15 heavy (non-hydrogen) atoms. The summed E-state index contributed by atoms with van der Waals surface area (Å²) >= 11 is 0. The molecular weight excluding hydrogens is 187 g/mol. The molecule has 0 bridgehead atoms. The summed E-state index contributed by atoms with van der Waals surface area (Å²) in [5.74, 6) is 0.464. The van der Waals surface area contributed by atoms with Crippen molar-refractivity contribution in [3.05, 3.63) is 35.9 Å². The molecule has 0 saturated carbocycles. The van der Waals surface area contributed by atoms with Crippen molar-refractivity contribution < 1.29 is 0 Å². The topological polar surface area (TPSA) is 49.1 Å². The van der Waals surface area contributed by atoms with Gasteiger partial charge in [0, 0.05) is 12.6 Å². The van der Waals surface area contributed by atoms with Gasteiger partial charge in [0.1, 0.15) is 0 Å². The standard InChI is InChI=1S/C8H9BN4.C2H6/c1-10-11-8(12-13-9)7-5-3-2-4-6-7;1-2/h2-6,10H,1H3;1-2H3/b11-8+,13-12?;. The average molecular weight is 202 g/mol. The minimum absolute atomic E-state index is 0.464. The first kappa shape index (κ1) is 13.4. The highest BCUT2D eigenvalue weighted by molar-refractivity contribution is 6.07. The van der Waals surface area contributed by atoms with E-state index in [2.05, 4.69) is 20.7 Å². The molecule has 0 aromatic heterocycles. The number of amidine groups is 1. The van der Waals surface area contributed by atoms with Gasteiger partial charge in [0.15, 0.2) is 5.84 Å². The molecule has 1 rings (SSSR count). The molecule has 78 valence electrons. The van der Waals surface area contributed by atoms with Crippen molar-refractivity contribution in [2.24, 2.45) is 15.2 Å². The van der Waals surface area contributed by atoms with E-state index < -0.39 is 0 Å². The Morgan fingerprint density at radius 3 is 2.27 bits per heavy atom. The number of hydrazone groups is 1. The van der Waals surface area contributed by atoms with Crippen LogP contribution in [0.25, 0.3) is 0 Å². The second-order valence-electron chi connectivity index (χ2n) is 2.24. The minimum Gasteiger partial charge on any atom is -0.311 e. The average Bonchev–Trinajstić information content (AvgIpc) is 2.33. The first-order valence-corrected chi connectivity index (χ1v) is 4.79. The van der Waals surface area contributed by atoms with Crippen LogP contribution < -0.4 is 5.43 Å². The second-order valence-corrected chi connectivity index (χ2v) is 2.24. The van der Waals surface area contributed by atoms with Crippen molar-refractivity contribution in [1.82, 2.24) is 5.43 Å². The zero-order valence-electron chi connectivity index (χ0n) is 9.31. The van der Waals surface area contributed by atoms with Crippen LogP contribution in [0.5, 0.6) is 0 Å². The Bertz CT molecular complexity index is 308. The number of hydrogen-bond acceptors (Lipinski definition) is 3. The van der Waals surface area contributed by atoms with Crippen LogP contribution >= 0.6 is 0 Å². The highest BCUT2D eigenvalue weighted by atomic mass is 15.3. The Morgan fingerprint density at radius 1 is 1.20 bits per heavy atom. The molecule has 0 fully saturated rings. The zero-order chi connectivity index (χ0) is 11.5. The van der Waals surface area contributed by atoms with E-state index in [9.17, 15) is 0 Å². The van der Waals surface area contributed by atoms with Gasteiger partial charge in [-0.2, -0.15) is 5.10 Å². The van der Waals surface area contributed by atoms with Crippen molar-refractivity contribution in [3.8, 4) is 0 Å².